The molecule has 1 aromatic carbocycles. The molecule has 1 aliphatic heterocycles. The van der Waals surface area contributed by atoms with Gasteiger partial charge in [0.2, 0.25) is 5.88 Å². The van der Waals surface area contributed by atoms with Crippen LogP contribution in [-0.4, -0.2) is 38.9 Å². The summed E-state index contributed by atoms with van der Waals surface area (Å²) in [5.74, 6) is -0.846. The number of hydrogen-bond acceptors (Lipinski definition) is 5. The zero-order chi connectivity index (χ0) is 22.4. The van der Waals surface area contributed by atoms with Gasteiger partial charge in [-0.25, -0.2) is 14.8 Å². The number of fused-ring (bicyclic) bond motifs is 2. The first-order valence-electron chi connectivity index (χ1n) is 9.76. The molecule has 0 radical (unpaired) electrons. The topological polar surface area (TPSA) is 89.3 Å². The Bertz CT molecular complexity index is 1030. The Morgan fingerprint density at radius 1 is 1.23 bits per heavy atom. The van der Waals surface area contributed by atoms with Crippen molar-refractivity contribution in [2.45, 2.75) is 45.1 Å². The van der Waals surface area contributed by atoms with E-state index in [-0.39, 0.29) is 0 Å². The Labute approximate surface area is 176 Å². The number of halogens is 3. The van der Waals surface area contributed by atoms with Crippen LogP contribution in [0.2, 0.25) is 0 Å². The lowest BCUT2D eigenvalue weighted by molar-refractivity contribution is -0.192. The molecule has 0 aliphatic carbocycles. The molecule has 31 heavy (non-hydrogen) atoms. The second kappa shape index (κ2) is 9.78. The zero-order valence-corrected chi connectivity index (χ0v) is 16.9. The van der Waals surface area contributed by atoms with Crippen LogP contribution in [-0.2, 0) is 30.8 Å². The summed E-state index contributed by atoms with van der Waals surface area (Å²) in [5.41, 5.74) is 3.14. The van der Waals surface area contributed by atoms with Crippen molar-refractivity contribution in [1.29, 1.82) is 0 Å². The molecular weight excluding hydrogens is 413 g/mol. The average molecular weight is 436 g/mol. The molecular formula is C21H23F3N4O3. The van der Waals surface area contributed by atoms with Gasteiger partial charge in [-0.3, -0.25) is 0 Å². The molecule has 0 bridgehead atoms. The van der Waals surface area contributed by atoms with E-state index in [0.717, 1.165) is 41.7 Å². The fourth-order valence-corrected chi connectivity index (χ4v) is 3.33. The van der Waals surface area contributed by atoms with Crippen LogP contribution in [0.4, 0.5) is 13.2 Å². The van der Waals surface area contributed by atoms with Crippen LogP contribution < -0.4 is 10.1 Å². The summed E-state index contributed by atoms with van der Waals surface area (Å²) < 4.78 is 39.5. The average Bonchev–Trinajstić information content (AvgIpc) is 3.15. The van der Waals surface area contributed by atoms with E-state index in [1.807, 2.05) is 18.2 Å². The van der Waals surface area contributed by atoms with Crippen molar-refractivity contribution in [3.05, 3.63) is 53.6 Å². The molecule has 0 unspecified atom stereocenters. The molecule has 3 aromatic rings. The van der Waals surface area contributed by atoms with Crippen molar-refractivity contribution >= 4 is 16.9 Å². The molecule has 0 amide bonds. The molecule has 0 fully saturated rings. The monoisotopic (exact) mass is 436 g/mol. The number of alkyl halides is 3. The van der Waals surface area contributed by atoms with Gasteiger partial charge in [-0.15, -0.1) is 0 Å². The Kier molecular flexibility index (Phi) is 7.11. The second-order valence-corrected chi connectivity index (χ2v) is 7.05. The molecule has 2 N–H and O–H groups in total. The molecule has 0 spiro atoms. The first kappa shape index (κ1) is 22.5. The van der Waals surface area contributed by atoms with E-state index < -0.39 is 12.1 Å². The van der Waals surface area contributed by atoms with Gasteiger partial charge in [0.25, 0.3) is 0 Å². The standard InChI is InChI=1S/C19H22N4O.C2HF3O2/c1-24-19-15(10-14-6-2-3-7-17(14)22-19)11-20-12-16-13-23-9-5-4-8-18(23)21-16;3-2(4,5)1(6)7/h2-3,6-7,10,13,20H,4-5,8-9,11-12H2,1H3;(H,6,7). The SMILES string of the molecule is COc1nc2ccccc2cc1CNCc1cn2c(n1)CCCC2.O=C(O)C(F)(F)F. The quantitative estimate of drug-likeness (QED) is 0.634. The van der Waals surface area contributed by atoms with Crippen molar-refractivity contribution in [2.24, 2.45) is 0 Å². The number of imidazole rings is 1. The molecule has 1 aliphatic rings. The molecule has 0 saturated carbocycles. The van der Waals surface area contributed by atoms with Crippen molar-refractivity contribution in [3.8, 4) is 5.88 Å². The van der Waals surface area contributed by atoms with E-state index in [1.54, 1.807) is 7.11 Å². The van der Waals surface area contributed by atoms with E-state index >= 15 is 0 Å². The number of aromatic nitrogens is 3. The number of rotatable bonds is 5. The molecule has 3 heterocycles. The van der Waals surface area contributed by atoms with Gasteiger partial charge in [-0.1, -0.05) is 18.2 Å². The number of nitrogens with zero attached hydrogens (tertiary/aromatic N) is 3. The Morgan fingerprint density at radius 2 is 1.97 bits per heavy atom. The molecule has 2 aromatic heterocycles. The number of carbonyl (C=O) groups is 1. The van der Waals surface area contributed by atoms with Crippen LogP contribution in [0, 0.1) is 0 Å². The van der Waals surface area contributed by atoms with Crippen LogP contribution >= 0.6 is 0 Å². The summed E-state index contributed by atoms with van der Waals surface area (Å²) in [6.45, 7) is 2.57. The summed E-state index contributed by atoms with van der Waals surface area (Å²) in [4.78, 5) is 18.2. The Balaban J connectivity index is 0.000000339. The van der Waals surface area contributed by atoms with Gasteiger partial charge in [-0.2, -0.15) is 13.2 Å². The number of aliphatic carboxylic acids is 1. The summed E-state index contributed by atoms with van der Waals surface area (Å²) in [7, 11) is 1.67. The minimum absolute atomic E-state index is 0.685. The number of carboxylic acid groups (broad SMARTS) is 1. The van der Waals surface area contributed by atoms with Crippen molar-refractivity contribution < 1.29 is 27.8 Å². The number of nitrogens with one attached hydrogen (secondary N) is 1. The predicted octanol–water partition coefficient (Wildman–Crippen LogP) is 3.70. The molecule has 166 valence electrons. The van der Waals surface area contributed by atoms with E-state index in [1.165, 1.54) is 18.7 Å². The highest BCUT2D eigenvalue weighted by molar-refractivity contribution is 5.80. The number of para-hydroxylation sites is 1. The maximum absolute atomic E-state index is 10.6. The van der Waals surface area contributed by atoms with Crippen LogP contribution in [0.1, 0.15) is 29.9 Å². The lowest BCUT2D eigenvalue weighted by atomic mass is 10.1. The first-order chi connectivity index (χ1) is 14.8. The molecule has 4 rings (SSSR count). The van der Waals surface area contributed by atoms with Crippen LogP contribution in [0.15, 0.2) is 36.5 Å². The predicted molar refractivity (Wildman–Crippen MR) is 108 cm³/mol. The van der Waals surface area contributed by atoms with Gasteiger partial charge >= 0.3 is 12.1 Å². The Morgan fingerprint density at radius 3 is 2.65 bits per heavy atom. The summed E-state index contributed by atoms with van der Waals surface area (Å²) >= 11 is 0. The van der Waals surface area contributed by atoms with E-state index in [2.05, 4.69) is 33.2 Å². The van der Waals surface area contributed by atoms with E-state index in [4.69, 9.17) is 19.6 Å². The molecule has 10 heteroatoms. The third kappa shape index (κ3) is 5.94. The van der Waals surface area contributed by atoms with Crippen molar-refractivity contribution in [3.63, 3.8) is 0 Å². The van der Waals surface area contributed by atoms with E-state index in [0.29, 0.717) is 12.4 Å². The Hall–Kier alpha value is -3.14. The molecule has 7 nitrogen and oxygen atoms in total. The number of methoxy groups -OCH3 is 1. The minimum atomic E-state index is -5.08. The van der Waals surface area contributed by atoms with Crippen LogP contribution in [0.3, 0.4) is 0 Å². The smallest absolute Gasteiger partial charge is 0.481 e. The maximum Gasteiger partial charge on any atom is 0.490 e. The highest BCUT2D eigenvalue weighted by Gasteiger charge is 2.38. The number of benzene rings is 1. The van der Waals surface area contributed by atoms with Crippen LogP contribution in [0.25, 0.3) is 10.9 Å². The lowest BCUT2D eigenvalue weighted by Gasteiger charge is -2.11. The fourth-order valence-electron chi connectivity index (χ4n) is 3.33. The van der Waals surface area contributed by atoms with Gasteiger partial charge in [0.15, 0.2) is 0 Å². The first-order valence-corrected chi connectivity index (χ1v) is 9.76. The zero-order valence-electron chi connectivity index (χ0n) is 16.9. The summed E-state index contributed by atoms with van der Waals surface area (Å²) in [5, 5.41) is 11.7. The van der Waals surface area contributed by atoms with Crippen molar-refractivity contribution in [2.75, 3.05) is 7.11 Å². The highest BCUT2D eigenvalue weighted by atomic mass is 19.4. The maximum atomic E-state index is 10.6. The third-order valence-corrected chi connectivity index (χ3v) is 4.78. The van der Waals surface area contributed by atoms with Gasteiger partial charge < -0.3 is 19.7 Å². The number of aryl methyl sites for hydroxylation is 2. The molecule has 0 saturated heterocycles. The number of hydrogen-bond donors (Lipinski definition) is 2. The van der Waals surface area contributed by atoms with Gasteiger partial charge in [0.05, 0.1) is 18.3 Å². The van der Waals surface area contributed by atoms with Gasteiger partial charge in [0.1, 0.15) is 5.82 Å². The van der Waals surface area contributed by atoms with Crippen molar-refractivity contribution in [1.82, 2.24) is 19.9 Å². The third-order valence-electron chi connectivity index (χ3n) is 4.78. The second-order valence-electron chi connectivity index (χ2n) is 7.05. The number of pyridine rings is 1. The fraction of sp³-hybridized carbons (Fsp3) is 0.381. The summed E-state index contributed by atoms with van der Waals surface area (Å²) in [6.07, 6.45) is 0.708. The minimum Gasteiger partial charge on any atom is -0.481 e. The number of ether oxygens (including phenoxy) is 1. The molecule has 0 atom stereocenters. The van der Waals surface area contributed by atoms with E-state index in [9.17, 15) is 13.2 Å². The number of carboxylic acids is 1. The lowest BCUT2D eigenvalue weighted by Crippen LogP contribution is -2.21. The van der Waals surface area contributed by atoms with Gasteiger partial charge in [0, 0.05) is 43.2 Å². The normalized spacial score (nSPS) is 13.3. The summed E-state index contributed by atoms with van der Waals surface area (Å²) in [6, 6.07) is 10.3. The van der Waals surface area contributed by atoms with Crippen LogP contribution in [0.5, 0.6) is 5.88 Å². The largest absolute Gasteiger partial charge is 0.490 e. The highest BCUT2D eigenvalue weighted by Crippen LogP contribution is 2.22. The van der Waals surface area contributed by atoms with Gasteiger partial charge in [-0.05, 0) is 25.0 Å².